The summed E-state index contributed by atoms with van der Waals surface area (Å²) in [5.74, 6) is -0.873. The molecule has 0 aromatic heterocycles. The Hall–Kier alpha value is -1.66. The van der Waals surface area contributed by atoms with Crippen molar-refractivity contribution >= 4 is 11.7 Å². The van der Waals surface area contributed by atoms with E-state index in [2.05, 4.69) is 10.3 Å². The molecule has 16 atom stereocenters. The summed E-state index contributed by atoms with van der Waals surface area (Å²) in [6, 6.07) is -4.98. The zero-order valence-electron chi connectivity index (χ0n) is 24.6. The zero-order valence-corrected chi connectivity index (χ0v) is 24.6. The number of aliphatic hydroxyl groups excluding tert-OH is 6. The fourth-order valence-electron chi connectivity index (χ4n) is 5.35. The second-order valence-corrected chi connectivity index (χ2v) is 11.6. The molecule has 44 heavy (non-hydrogen) atoms. The molecule has 1 aliphatic carbocycles. The highest BCUT2D eigenvalue weighted by Crippen LogP contribution is 2.31. The molecule has 16 unspecified atom stereocenters. The average Bonchev–Trinajstić information content (AvgIpc) is 2.99. The fourth-order valence-corrected chi connectivity index (χ4v) is 5.35. The summed E-state index contributed by atoms with van der Waals surface area (Å²) in [5, 5.41) is 64.5. The van der Waals surface area contributed by atoms with Gasteiger partial charge in [-0.1, -0.05) is 0 Å². The van der Waals surface area contributed by atoms with Crippen molar-refractivity contribution in [2.45, 2.75) is 124 Å². The minimum atomic E-state index is -1.70. The molecule has 2 aliphatic heterocycles. The molecule has 1 saturated carbocycles. The molecule has 3 rings (SSSR count). The highest BCUT2D eigenvalue weighted by Gasteiger charge is 2.51. The van der Waals surface area contributed by atoms with Crippen LogP contribution in [0.2, 0.25) is 0 Å². The van der Waals surface area contributed by atoms with E-state index in [0.29, 0.717) is 12.8 Å². The number of amidine groups is 1. The number of hydrogen-bond donors (Lipinski definition) is 13. The van der Waals surface area contributed by atoms with Gasteiger partial charge in [-0.2, -0.15) is 0 Å². The van der Waals surface area contributed by atoms with Gasteiger partial charge in [-0.15, -0.1) is 0 Å². The van der Waals surface area contributed by atoms with Gasteiger partial charge >= 0.3 is 0 Å². The molecule has 19 heteroatoms. The van der Waals surface area contributed by atoms with Crippen molar-refractivity contribution in [3.8, 4) is 0 Å². The molecule has 0 radical (unpaired) electrons. The van der Waals surface area contributed by atoms with Gasteiger partial charge in [-0.3, -0.25) is 9.79 Å². The maximum Gasteiger partial charge on any atom is 0.250 e. The van der Waals surface area contributed by atoms with E-state index in [4.69, 9.17) is 53.3 Å². The summed E-state index contributed by atoms with van der Waals surface area (Å²) in [7, 11) is 0. The van der Waals surface area contributed by atoms with Gasteiger partial charge in [0.2, 0.25) is 0 Å². The van der Waals surface area contributed by atoms with E-state index in [0.717, 1.165) is 0 Å². The van der Waals surface area contributed by atoms with Crippen LogP contribution in [0.4, 0.5) is 0 Å². The Balaban J connectivity index is 1.82. The van der Waals surface area contributed by atoms with Gasteiger partial charge < -0.3 is 89.3 Å². The molecule has 3 aliphatic rings. The van der Waals surface area contributed by atoms with Crippen molar-refractivity contribution in [1.82, 2.24) is 5.32 Å². The van der Waals surface area contributed by atoms with Crippen LogP contribution < -0.4 is 39.7 Å². The van der Waals surface area contributed by atoms with E-state index in [9.17, 15) is 35.4 Å². The predicted molar refractivity (Wildman–Crippen MR) is 153 cm³/mol. The number of nitrogens with zero attached hydrogens (tertiary/aromatic N) is 1. The van der Waals surface area contributed by atoms with Gasteiger partial charge in [0.15, 0.2) is 12.6 Å². The largest absolute Gasteiger partial charge is 0.394 e. The van der Waals surface area contributed by atoms with Crippen molar-refractivity contribution in [2.75, 3.05) is 19.7 Å². The lowest BCUT2D eigenvalue weighted by Crippen LogP contribution is -2.69. The molecule has 19 N–H and O–H groups in total. The number of aliphatic imine (C=N–C) groups is 1. The number of hydrogen-bond acceptors (Lipinski definition) is 17. The number of aliphatic hydroxyl groups is 6. The third-order valence-electron chi connectivity index (χ3n) is 8.22. The van der Waals surface area contributed by atoms with Crippen molar-refractivity contribution < 1.29 is 54.4 Å². The monoisotopic (exact) mass is 638 g/mol. The molecule has 19 nitrogen and oxygen atoms in total. The second kappa shape index (κ2) is 16.3. The van der Waals surface area contributed by atoms with Crippen molar-refractivity contribution in [1.29, 1.82) is 0 Å². The number of nitrogens with two attached hydrogens (primary N) is 6. The lowest BCUT2D eigenvalue weighted by atomic mass is 9.83. The molecular formula is C25H50N8O11. The SMILES string of the molecule is CC(O)C(N)=NCC1CCC(N)C(OC2C(N)CC(NC(=O)C(O)C(N)CN)C(OC3OC(CO)C(O)C(N)C3O)C2O)O1. The predicted octanol–water partition coefficient (Wildman–Crippen LogP) is -7.68. The molecule has 0 spiro atoms. The van der Waals surface area contributed by atoms with Gasteiger partial charge in [0.25, 0.3) is 5.91 Å². The topological polar surface area (TPSA) is 356 Å². The molecule has 0 aromatic carbocycles. The lowest BCUT2D eigenvalue weighted by Gasteiger charge is -2.48. The van der Waals surface area contributed by atoms with Crippen LogP contribution in [0.25, 0.3) is 0 Å². The molecule has 1 amide bonds. The fraction of sp³-hybridized carbons (Fsp3) is 0.920. The van der Waals surface area contributed by atoms with E-state index < -0.39 is 110 Å². The third kappa shape index (κ3) is 8.78. The third-order valence-corrected chi connectivity index (χ3v) is 8.22. The molecule has 2 heterocycles. The van der Waals surface area contributed by atoms with E-state index in [1.165, 1.54) is 6.92 Å². The number of amides is 1. The number of carbonyl (C=O) groups is 1. The smallest absolute Gasteiger partial charge is 0.250 e. The summed E-state index contributed by atoms with van der Waals surface area (Å²) in [6.07, 6.45) is -13.2. The van der Waals surface area contributed by atoms with Gasteiger partial charge in [0.05, 0.1) is 43.4 Å². The van der Waals surface area contributed by atoms with Crippen LogP contribution >= 0.6 is 0 Å². The number of rotatable bonds is 12. The maximum absolute atomic E-state index is 12.8. The summed E-state index contributed by atoms with van der Waals surface area (Å²) < 4.78 is 23.6. The first kappa shape index (κ1) is 36.8. The number of nitrogens with one attached hydrogen (secondary N) is 1. The highest BCUT2D eigenvalue weighted by molar-refractivity contribution is 5.84. The van der Waals surface area contributed by atoms with E-state index in [1.807, 2.05) is 0 Å². The molecule has 0 aromatic rings. The van der Waals surface area contributed by atoms with Gasteiger partial charge in [-0.25, -0.2) is 0 Å². The number of ether oxygens (including phenoxy) is 4. The Morgan fingerprint density at radius 1 is 1.00 bits per heavy atom. The molecule has 2 saturated heterocycles. The second-order valence-electron chi connectivity index (χ2n) is 11.6. The first-order valence-corrected chi connectivity index (χ1v) is 14.7. The van der Waals surface area contributed by atoms with Crippen LogP contribution in [-0.4, -0.2) is 160 Å². The summed E-state index contributed by atoms with van der Waals surface area (Å²) in [5.41, 5.74) is 35.5. The summed E-state index contributed by atoms with van der Waals surface area (Å²) in [6.45, 7) is 0.763. The normalized spacial score (nSPS) is 42.4. The van der Waals surface area contributed by atoms with Crippen molar-refractivity contribution in [3.63, 3.8) is 0 Å². The van der Waals surface area contributed by atoms with Gasteiger partial charge in [-0.05, 0) is 26.2 Å². The van der Waals surface area contributed by atoms with Crippen LogP contribution in [0.3, 0.4) is 0 Å². The standard InChI is InChI=1S/C25H50N8O11/c1-8(35)22(31)32-6-9-2-3-10(27)24(41-9)43-20-11(28)4-13(33-23(40)16(36)12(29)5-26)21(19(20)39)44-25-18(38)15(30)17(37)14(7-34)42-25/h8-21,24-25,34-39H,2-7,26-30H2,1H3,(H2,31,32)(H,33,40). The van der Waals surface area contributed by atoms with E-state index in [-0.39, 0.29) is 25.3 Å². The molecule has 256 valence electrons. The van der Waals surface area contributed by atoms with Crippen molar-refractivity contribution in [2.24, 2.45) is 39.4 Å². The van der Waals surface area contributed by atoms with Crippen LogP contribution in [0.1, 0.15) is 26.2 Å². The maximum atomic E-state index is 12.8. The average molecular weight is 639 g/mol. The van der Waals surface area contributed by atoms with Gasteiger partial charge in [0.1, 0.15) is 54.7 Å². The van der Waals surface area contributed by atoms with Gasteiger partial charge in [0, 0.05) is 12.6 Å². The van der Waals surface area contributed by atoms with E-state index >= 15 is 0 Å². The molecule has 3 fully saturated rings. The Bertz CT molecular complexity index is 952. The first-order chi connectivity index (χ1) is 20.7. The molecule has 0 bridgehead atoms. The minimum absolute atomic E-state index is 0.0408. The summed E-state index contributed by atoms with van der Waals surface area (Å²) in [4.78, 5) is 16.9. The summed E-state index contributed by atoms with van der Waals surface area (Å²) >= 11 is 0. The Labute approximate surface area is 254 Å². The Morgan fingerprint density at radius 3 is 2.27 bits per heavy atom. The van der Waals surface area contributed by atoms with Crippen molar-refractivity contribution in [3.05, 3.63) is 0 Å². The Kier molecular flexibility index (Phi) is 13.6. The lowest BCUT2D eigenvalue weighted by molar-refractivity contribution is -0.314. The Morgan fingerprint density at radius 2 is 1.66 bits per heavy atom. The van der Waals surface area contributed by atoms with Crippen LogP contribution in [0.15, 0.2) is 4.99 Å². The highest BCUT2D eigenvalue weighted by atomic mass is 16.7. The molecular weight excluding hydrogens is 588 g/mol. The zero-order chi connectivity index (χ0) is 32.9. The minimum Gasteiger partial charge on any atom is -0.394 e. The first-order valence-electron chi connectivity index (χ1n) is 14.7. The number of carbonyl (C=O) groups excluding carboxylic acids is 1. The van der Waals surface area contributed by atoms with Crippen LogP contribution in [0.5, 0.6) is 0 Å². The van der Waals surface area contributed by atoms with E-state index in [1.54, 1.807) is 0 Å². The quantitative estimate of drug-likeness (QED) is 0.0697. The van der Waals surface area contributed by atoms with Crippen LogP contribution in [-0.2, 0) is 23.7 Å². The van der Waals surface area contributed by atoms with Crippen LogP contribution in [0, 0.1) is 0 Å².